The van der Waals surface area contributed by atoms with Gasteiger partial charge in [-0.25, -0.2) is 9.78 Å². The Kier molecular flexibility index (Phi) is 5.64. The molecule has 176 valence electrons. The van der Waals surface area contributed by atoms with E-state index < -0.39 is 36.1 Å². The van der Waals surface area contributed by atoms with E-state index in [1.165, 1.54) is 29.3 Å². The van der Waals surface area contributed by atoms with Gasteiger partial charge in [0, 0.05) is 24.8 Å². The zero-order valence-electron chi connectivity index (χ0n) is 17.5. The van der Waals surface area contributed by atoms with Gasteiger partial charge in [-0.2, -0.15) is 13.2 Å². The average molecular weight is 465 g/mol. The average Bonchev–Trinajstić information content (AvgIpc) is 3.17. The fourth-order valence-corrected chi connectivity index (χ4v) is 3.96. The van der Waals surface area contributed by atoms with Crippen LogP contribution < -0.4 is 21.7 Å². The van der Waals surface area contributed by atoms with Gasteiger partial charge in [0.1, 0.15) is 23.7 Å². The monoisotopic (exact) mass is 465 g/mol. The first kappa shape index (κ1) is 22.4. The largest absolute Gasteiger partial charge is 0.408 e. The Hall–Kier alpha value is -3.77. The van der Waals surface area contributed by atoms with Gasteiger partial charge in [0.25, 0.3) is 0 Å². The highest BCUT2D eigenvalue weighted by Gasteiger charge is 2.43. The molecule has 33 heavy (non-hydrogen) atoms. The van der Waals surface area contributed by atoms with E-state index in [0.29, 0.717) is 31.0 Å². The number of nitrogens with zero attached hydrogens (tertiary/aromatic N) is 3. The van der Waals surface area contributed by atoms with Crippen molar-refractivity contribution in [1.82, 2.24) is 25.4 Å². The number of primary amides is 1. The van der Waals surface area contributed by atoms with Gasteiger partial charge in [0.2, 0.25) is 11.8 Å². The molecule has 1 aromatic rings. The fourth-order valence-electron chi connectivity index (χ4n) is 3.96. The van der Waals surface area contributed by atoms with Gasteiger partial charge in [-0.3, -0.25) is 19.8 Å². The number of aromatic nitrogens is 1. The SMILES string of the molecule is C[C@@H](NC(=O)C1C=CC2=C(N1)N(C(=O)Nc1cc(C(N)=O)ccn1)[C@H]1CCN2C1)C(F)(F)F. The zero-order chi connectivity index (χ0) is 23.9. The van der Waals surface area contributed by atoms with Gasteiger partial charge >= 0.3 is 12.2 Å². The van der Waals surface area contributed by atoms with Crippen LogP contribution in [0.25, 0.3) is 0 Å². The van der Waals surface area contributed by atoms with Crippen LogP contribution in [-0.4, -0.2) is 70.0 Å². The molecule has 1 saturated heterocycles. The van der Waals surface area contributed by atoms with Crippen LogP contribution in [0.15, 0.2) is 42.0 Å². The van der Waals surface area contributed by atoms with E-state index in [9.17, 15) is 27.6 Å². The second-order valence-electron chi connectivity index (χ2n) is 7.97. The maximum absolute atomic E-state index is 13.2. The lowest BCUT2D eigenvalue weighted by Crippen LogP contribution is -2.57. The molecule has 4 heterocycles. The summed E-state index contributed by atoms with van der Waals surface area (Å²) in [6.07, 6.45) is 0.503. The number of dihydropyridines is 1. The Morgan fingerprint density at radius 3 is 2.79 bits per heavy atom. The van der Waals surface area contributed by atoms with Crippen LogP contribution in [0.5, 0.6) is 0 Å². The summed E-state index contributed by atoms with van der Waals surface area (Å²) in [6.45, 7) is 2.10. The molecule has 4 amide bonds. The predicted molar refractivity (Wildman–Crippen MR) is 110 cm³/mol. The Bertz CT molecular complexity index is 1060. The minimum atomic E-state index is -4.58. The minimum Gasteiger partial charge on any atom is -0.366 e. The van der Waals surface area contributed by atoms with Crippen LogP contribution in [0.3, 0.4) is 0 Å². The van der Waals surface area contributed by atoms with Crippen molar-refractivity contribution in [3.05, 3.63) is 47.6 Å². The molecular weight excluding hydrogens is 443 g/mol. The third-order valence-electron chi connectivity index (χ3n) is 5.72. The molecule has 1 fully saturated rings. The third-order valence-corrected chi connectivity index (χ3v) is 5.72. The first-order chi connectivity index (χ1) is 15.5. The first-order valence-corrected chi connectivity index (χ1v) is 10.2. The number of carbonyl (C=O) groups excluding carboxylic acids is 3. The smallest absolute Gasteiger partial charge is 0.366 e. The van der Waals surface area contributed by atoms with E-state index in [4.69, 9.17) is 5.73 Å². The van der Waals surface area contributed by atoms with Crippen LogP contribution in [0.1, 0.15) is 23.7 Å². The van der Waals surface area contributed by atoms with E-state index in [1.54, 1.807) is 6.08 Å². The number of fused-ring (bicyclic) bond motifs is 3. The molecule has 5 N–H and O–H groups in total. The number of alkyl halides is 3. The van der Waals surface area contributed by atoms with Crippen molar-refractivity contribution in [2.75, 3.05) is 18.4 Å². The molecule has 4 rings (SSSR count). The molecule has 0 aliphatic carbocycles. The topological polar surface area (TPSA) is 133 Å². The molecule has 1 unspecified atom stereocenters. The molecular formula is C20H22F3N7O3. The molecule has 2 bridgehead atoms. The highest BCUT2D eigenvalue weighted by Crippen LogP contribution is 2.33. The minimum absolute atomic E-state index is 0.110. The van der Waals surface area contributed by atoms with E-state index in [-0.39, 0.29) is 17.4 Å². The standard InChI is InChI=1S/C20H22F3N7O3/c1-10(20(21,22)23)26-18(32)13-2-3-14-17(27-13)30(12-5-7-29(14)9-12)19(33)28-15-8-11(16(24)31)4-6-25-15/h2-4,6,8,10,12-13,27H,5,7,9H2,1H3,(H2,24,31)(H,26,32)(H,25,28,33)/t10-,12+,13?/m1/s1. The van der Waals surface area contributed by atoms with Crippen molar-refractivity contribution < 1.29 is 27.6 Å². The van der Waals surface area contributed by atoms with Crippen molar-refractivity contribution in [1.29, 1.82) is 0 Å². The van der Waals surface area contributed by atoms with Crippen molar-refractivity contribution in [3.8, 4) is 0 Å². The lowest BCUT2D eigenvalue weighted by Gasteiger charge is -2.41. The second kappa shape index (κ2) is 8.30. The van der Waals surface area contributed by atoms with Gasteiger partial charge < -0.3 is 21.3 Å². The zero-order valence-corrected chi connectivity index (χ0v) is 17.5. The summed E-state index contributed by atoms with van der Waals surface area (Å²) in [5.41, 5.74) is 6.09. The lowest BCUT2D eigenvalue weighted by molar-refractivity contribution is -0.158. The van der Waals surface area contributed by atoms with Crippen LogP contribution >= 0.6 is 0 Å². The highest BCUT2D eigenvalue weighted by atomic mass is 19.4. The van der Waals surface area contributed by atoms with Crippen LogP contribution in [0.4, 0.5) is 23.8 Å². The number of hydrogen-bond donors (Lipinski definition) is 4. The summed E-state index contributed by atoms with van der Waals surface area (Å²) >= 11 is 0. The number of allylic oxidation sites excluding steroid dienone is 1. The Labute approximate surface area is 186 Å². The third kappa shape index (κ3) is 4.43. The molecule has 3 aliphatic heterocycles. The van der Waals surface area contributed by atoms with Crippen LogP contribution in [-0.2, 0) is 4.79 Å². The van der Waals surface area contributed by atoms with Crippen LogP contribution in [0, 0.1) is 0 Å². The summed E-state index contributed by atoms with van der Waals surface area (Å²) in [5.74, 6) is -1.12. The van der Waals surface area contributed by atoms with E-state index in [2.05, 4.69) is 15.6 Å². The normalized spacial score (nSPS) is 22.4. The summed E-state index contributed by atoms with van der Waals surface area (Å²) in [5, 5.41) is 7.46. The van der Waals surface area contributed by atoms with Gasteiger partial charge in [-0.15, -0.1) is 0 Å². The molecule has 1 aromatic heterocycles. The number of nitrogens with two attached hydrogens (primary N) is 1. The van der Waals surface area contributed by atoms with Gasteiger partial charge in [-0.05, 0) is 31.6 Å². The van der Waals surface area contributed by atoms with Gasteiger partial charge in [0.15, 0.2) is 0 Å². The quantitative estimate of drug-likeness (QED) is 0.522. The van der Waals surface area contributed by atoms with Gasteiger partial charge in [-0.1, -0.05) is 6.08 Å². The Balaban J connectivity index is 1.54. The molecule has 0 radical (unpaired) electrons. The maximum atomic E-state index is 13.2. The van der Waals surface area contributed by atoms with E-state index >= 15 is 0 Å². The maximum Gasteiger partial charge on any atom is 0.408 e. The van der Waals surface area contributed by atoms with E-state index in [0.717, 1.165) is 6.92 Å². The molecule has 10 nitrogen and oxygen atoms in total. The van der Waals surface area contributed by atoms with Crippen molar-refractivity contribution in [2.45, 2.75) is 37.6 Å². The number of halogens is 3. The molecule has 0 saturated carbocycles. The number of amides is 4. The number of nitrogens with one attached hydrogen (secondary N) is 3. The van der Waals surface area contributed by atoms with Crippen molar-refractivity contribution in [2.24, 2.45) is 5.73 Å². The Morgan fingerprint density at radius 1 is 1.33 bits per heavy atom. The van der Waals surface area contributed by atoms with Gasteiger partial charge in [0.05, 0.1) is 11.7 Å². The number of carbonyl (C=O) groups is 3. The highest BCUT2D eigenvalue weighted by molar-refractivity contribution is 5.95. The Morgan fingerprint density at radius 2 is 2.09 bits per heavy atom. The predicted octanol–water partition coefficient (Wildman–Crippen LogP) is 0.866. The molecule has 0 spiro atoms. The number of hydrogen-bond acceptors (Lipinski definition) is 6. The molecule has 3 atom stereocenters. The number of pyridine rings is 1. The number of urea groups is 1. The first-order valence-electron chi connectivity index (χ1n) is 10.2. The lowest BCUT2D eigenvalue weighted by atomic mass is 10.1. The fraction of sp³-hybridized carbons (Fsp3) is 0.400. The van der Waals surface area contributed by atoms with Crippen molar-refractivity contribution >= 4 is 23.7 Å². The summed E-state index contributed by atoms with van der Waals surface area (Å²) in [7, 11) is 0. The summed E-state index contributed by atoms with van der Waals surface area (Å²) < 4.78 is 38.5. The van der Waals surface area contributed by atoms with E-state index in [1.807, 2.05) is 10.2 Å². The van der Waals surface area contributed by atoms with Crippen LogP contribution in [0.2, 0.25) is 0 Å². The summed E-state index contributed by atoms with van der Waals surface area (Å²) in [6, 6.07) is -1.16. The summed E-state index contributed by atoms with van der Waals surface area (Å²) in [4.78, 5) is 44.5. The second-order valence-corrected chi connectivity index (χ2v) is 7.97. The number of rotatable bonds is 4. The van der Waals surface area contributed by atoms with Crippen molar-refractivity contribution in [3.63, 3.8) is 0 Å². The molecule has 13 heteroatoms. The molecule has 3 aliphatic rings. The number of anilines is 1. The molecule has 0 aromatic carbocycles.